The van der Waals surface area contributed by atoms with Crippen molar-refractivity contribution in [1.29, 1.82) is 0 Å². The van der Waals surface area contributed by atoms with E-state index < -0.39 is 12.0 Å². The van der Waals surface area contributed by atoms with Crippen LogP contribution in [0.25, 0.3) is 0 Å². The average molecular weight is 186 g/mol. The molecule has 0 spiro atoms. The van der Waals surface area contributed by atoms with Crippen LogP contribution in [-0.4, -0.2) is 60.9 Å². The second kappa shape index (κ2) is 3.61. The smallest absolute Gasteiger partial charge is 0.322 e. The zero-order valence-corrected chi connectivity index (χ0v) is 7.40. The van der Waals surface area contributed by atoms with Crippen LogP contribution < -0.4 is 5.32 Å². The van der Waals surface area contributed by atoms with Crippen molar-refractivity contribution < 1.29 is 14.6 Å². The molecule has 2 heterocycles. The number of nitrogens with zero attached hydrogens (tertiary/aromatic N) is 1. The van der Waals surface area contributed by atoms with E-state index in [4.69, 9.17) is 9.84 Å². The molecule has 0 aromatic rings. The lowest BCUT2D eigenvalue weighted by Gasteiger charge is -2.41. The van der Waals surface area contributed by atoms with Gasteiger partial charge in [0.15, 0.2) is 0 Å². The predicted octanol–water partition coefficient (Wildman–Crippen LogP) is -1.26. The van der Waals surface area contributed by atoms with Crippen LogP contribution in [0.4, 0.5) is 0 Å². The first-order chi connectivity index (χ1) is 6.27. The Bertz CT molecular complexity index is 210. The molecule has 2 atom stereocenters. The molecule has 0 amide bonds. The molecule has 2 aliphatic heterocycles. The van der Waals surface area contributed by atoms with Crippen molar-refractivity contribution in [2.24, 2.45) is 0 Å². The van der Waals surface area contributed by atoms with Gasteiger partial charge in [-0.25, -0.2) is 0 Å². The topological polar surface area (TPSA) is 61.8 Å². The van der Waals surface area contributed by atoms with Crippen LogP contribution in [0, 0.1) is 0 Å². The molecule has 2 unspecified atom stereocenters. The molecule has 0 radical (unpaired) electrons. The summed E-state index contributed by atoms with van der Waals surface area (Å²) in [6, 6.07) is -0.0429. The zero-order valence-electron chi connectivity index (χ0n) is 7.40. The molecule has 2 N–H and O–H groups in total. The molecule has 0 aromatic heterocycles. The maximum atomic E-state index is 10.7. The highest BCUT2D eigenvalue weighted by Crippen LogP contribution is 2.11. The summed E-state index contributed by atoms with van der Waals surface area (Å²) >= 11 is 0. The maximum absolute atomic E-state index is 10.7. The second-order valence-corrected chi connectivity index (χ2v) is 3.52. The molecule has 0 saturated carbocycles. The number of piperazine rings is 1. The van der Waals surface area contributed by atoms with Crippen molar-refractivity contribution in [3.8, 4) is 0 Å². The Balaban J connectivity index is 1.95. The molecule has 0 aliphatic carbocycles. The quantitative estimate of drug-likeness (QED) is 0.535. The molecule has 0 aromatic carbocycles. The Morgan fingerprint density at radius 3 is 3.23 bits per heavy atom. The lowest BCUT2D eigenvalue weighted by Crippen LogP contribution is -2.62. The number of morpholine rings is 1. The Morgan fingerprint density at radius 1 is 1.62 bits per heavy atom. The molecule has 2 aliphatic rings. The number of rotatable bonds is 1. The number of carboxylic acids is 1. The van der Waals surface area contributed by atoms with Gasteiger partial charge in [0.2, 0.25) is 0 Å². The van der Waals surface area contributed by atoms with Gasteiger partial charge in [-0.1, -0.05) is 0 Å². The molecule has 0 bridgehead atoms. The first kappa shape index (κ1) is 8.93. The zero-order chi connectivity index (χ0) is 9.26. The van der Waals surface area contributed by atoms with E-state index in [2.05, 4.69) is 10.2 Å². The average Bonchev–Trinajstić information content (AvgIpc) is 2.17. The highest BCUT2D eigenvalue weighted by molar-refractivity contribution is 5.73. The molecule has 2 rings (SSSR count). The van der Waals surface area contributed by atoms with Crippen molar-refractivity contribution in [2.45, 2.75) is 12.1 Å². The number of fused-ring (bicyclic) bond motifs is 1. The van der Waals surface area contributed by atoms with Gasteiger partial charge < -0.3 is 15.2 Å². The number of aliphatic carboxylic acids is 1. The predicted molar refractivity (Wildman–Crippen MR) is 45.6 cm³/mol. The summed E-state index contributed by atoms with van der Waals surface area (Å²) in [5.74, 6) is -0.759. The van der Waals surface area contributed by atoms with Crippen LogP contribution in [0.15, 0.2) is 0 Å². The first-order valence-electron chi connectivity index (χ1n) is 4.55. The first-order valence-corrected chi connectivity index (χ1v) is 4.55. The fourth-order valence-corrected chi connectivity index (χ4v) is 1.86. The van der Waals surface area contributed by atoms with E-state index >= 15 is 0 Å². The summed E-state index contributed by atoms with van der Waals surface area (Å²) in [5.41, 5.74) is 0. The lowest BCUT2D eigenvalue weighted by atomic mass is 10.1. The summed E-state index contributed by atoms with van der Waals surface area (Å²) in [4.78, 5) is 12.9. The number of carboxylic acid groups (broad SMARTS) is 1. The second-order valence-electron chi connectivity index (χ2n) is 3.52. The third-order valence-electron chi connectivity index (χ3n) is 2.66. The molecule has 2 fully saturated rings. The Morgan fingerprint density at radius 2 is 2.46 bits per heavy atom. The molecule has 2 saturated heterocycles. The molecule has 13 heavy (non-hydrogen) atoms. The number of nitrogens with one attached hydrogen (secondary N) is 1. The number of carbonyl (C=O) groups is 1. The van der Waals surface area contributed by atoms with Gasteiger partial charge >= 0.3 is 5.97 Å². The standard InChI is InChI=1S/C8H14N2O3/c11-8(12)7-4-10-1-2-13-5-6(10)3-9-7/h6-7,9H,1-5H2,(H,11,12). The number of hydrogen-bond donors (Lipinski definition) is 2. The monoisotopic (exact) mass is 186 g/mol. The molecule has 74 valence electrons. The Labute approximate surface area is 76.7 Å². The van der Waals surface area contributed by atoms with Crippen LogP contribution in [0.3, 0.4) is 0 Å². The molecule has 5 heteroatoms. The van der Waals surface area contributed by atoms with Crippen LogP contribution in [0.2, 0.25) is 0 Å². The number of hydrogen-bond acceptors (Lipinski definition) is 4. The van der Waals surface area contributed by atoms with Gasteiger partial charge in [-0.2, -0.15) is 0 Å². The summed E-state index contributed by atoms with van der Waals surface area (Å²) in [7, 11) is 0. The van der Waals surface area contributed by atoms with Crippen LogP contribution in [0.5, 0.6) is 0 Å². The minimum Gasteiger partial charge on any atom is -0.480 e. The van der Waals surface area contributed by atoms with Gasteiger partial charge in [0.25, 0.3) is 0 Å². The van der Waals surface area contributed by atoms with Crippen molar-refractivity contribution in [2.75, 3.05) is 32.8 Å². The lowest BCUT2D eigenvalue weighted by molar-refractivity contribution is -0.142. The maximum Gasteiger partial charge on any atom is 0.322 e. The van der Waals surface area contributed by atoms with Gasteiger partial charge in [0, 0.05) is 25.7 Å². The third kappa shape index (κ3) is 1.82. The van der Waals surface area contributed by atoms with Gasteiger partial charge in [-0.3, -0.25) is 9.69 Å². The fraction of sp³-hybridized carbons (Fsp3) is 0.875. The minimum absolute atomic E-state index is 0.365. The van der Waals surface area contributed by atoms with E-state index in [1.54, 1.807) is 0 Å². The van der Waals surface area contributed by atoms with Crippen LogP contribution in [-0.2, 0) is 9.53 Å². The third-order valence-corrected chi connectivity index (χ3v) is 2.66. The van der Waals surface area contributed by atoms with E-state index in [0.717, 1.165) is 26.3 Å². The highest BCUT2D eigenvalue weighted by atomic mass is 16.5. The van der Waals surface area contributed by atoms with Crippen molar-refractivity contribution in [1.82, 2.24) is 10.2 Å². The van der Waals surface area contributed by atoms with Crippen molar-refractivity contribution in [3.05, 3.63) is 0 Å². The van der Waals surface area contributed by atoms with E-state index in [1.165, 1.54) is 0 Å². The van der Waals surface area contributed by atoms with Gasteiger partial charge in [-0.15, -0.1) is 0 Å². The van der Waals surface area contributed by atoms with E-state index in [0.29, 0.717) is 12.6 Å². The normalized spacial score (nSPS) is 35.4. The molecule has 5 nitrogen and oxygen atoms in total. The van der Waals surface area contributed by atoms with Gasteiger partial charge in [0.05, 0.1) is 13.2 Å². The van der Waals surface area contributed by atoms with E-state index in [9.17, 15) is 4.79 Å². The van der Waals surface area contributed by atoms with Gasteiger partial charge in [0.1, 0.15) is 6.04 Å². The summed E-state index contributed by atoms with van der Waals surface area (Å²) in [6.07, 6.45) is 0. The number of ether oxygens (including phenoxy) is 1. The van der Waals surface area contributed by atoms with E-state index in [1.807, 2.05) is 0 Å². The van der Waals surface area contributed by atoms with E-state index in [-0.39, 0.29) is 0 Å². The molecular formula is C8H14N2O3. The van der Waals surface area contributed by atoms with Crippen molar-refractivity contribution >= 4 is 5.97 Å². The summed E-state index contributed by atoms with van der Waals surface area (Å²) in [5, 5.41) is 11.8. The van der Waals surface area contributed by atoms with Crippen LogP contribution >= 0.6 is 0 Å². The summed E-state index contributed by atoms with van der Waals surface area (Å²) < 4.78 is 5.31. The highest BCUT2D eigenvalue weighted by Gasteiger charge is 2.32. The largest absolute Gasteiger partial charge is 0.480 e. The van der Waals surface area contributed by atoms with Crippen LogP contribution in [0.1, 0.15) is 0 Å². The molecular weight excluding hydrogens is 172 g/mol. The Hall–Kier alpha value is -0.650. The fourth-order valence-electron chi connectivity index (χ4n) is 1.86. The SMILES string of the molecule is O=C(O)C1CN2CCOCC2CN1. The minimum atomic E-state index is -0.759. The Kier molecular flexibility index (Phi) is 2.48. The van der Waals surface area contributed by atoms with Crippen molar-refractivity contribution in [3.63, 3.8) is 0 Å². The summed E-state index contributed by atoms with van der Waals surface area (Å²) in [6.45, 7) is 3.62. The van der Waals surface area contributed by atoms with Gasteiger partial charge in [-0.05, 0) is 0 Å².